The molecule has 0 radical (unpaired) electrons. The van der Waals surface area contributed by atoms with Crippen LogP contribution in [0.2, 0.25) is 0 Å². The van der Waals surface area contributed by atoms with Gasteiger partial charge in [0.1, 0.15) is 0 Å². The van der Waals surface area contributed by atoms with E-state index in [4.69, 9.17) is 9.72 Å². The van der Waals surface area contributed by atoms with Crippen LogP contribution in [0.1, 0.15) is 42.1 Å². The van der Waals surface area contributed by atoms with Crippen molar-refractivity contribution in [3.8, 4) is 0 Å². The Bertz CT molecular complexity index is 1220. The number of esters is 1. The molecular weight excluding hydrogens is 450 g/mol. The number of piperidine rings is 1. The average molecular weight is 480 g/mol. The number of carbonyl (C=O) groups excluding carboxylic acids is 2. The molecule has 1 saturated heterocycles. The minimum Gasteiger partial charge on any atom is -0.465 e. The molecule has 7 nitrogen and oxygen atoms in total. The van der Waals surface area contributed by atoms with Gasteiger partial charge in [-0.2, -0.15) is 0 Å². The van der Waals surface area contributed by atoms with Crippen LogP contribution in [0.25, 0.3) is 10.9 Å². The molecule has 3 aromatic rings. The molecule has 0 unspecified atom stereocenters. The highest BCUT2D eigenvalue weighted by molar-refractivity contribution is 7.99. The molecule has 0 aliphatic carbocycles. The van der Waals surface area contributed by atoms with Gasteiger partial charge in [0.2, 0.25) is 0 Å². The molecule has 1 amide bonds. The fourth-order valence-electron chi connectivity index (χ4n) is 4.13. The van der Waals surface area contributed by atoms with Gasteiger partial charge in [-0.3, -0.25) is 19.0 Å². The van der Waals surface area contributed by atoms with E-state index in [-0.39, 0.29) is 23.2 Å². The van der Waals surface area contributed by atoms with Crippen molar-refractivity contribution in [2.45, 2.75) is 44.3 Å². The van der Waals surface area contributed by atoms with Gasteiger partial charge < -0.3 is 9.64 Å². The quantitative estimate of drug-likeness (QED) is 0.277. The SMILES string of the molecule is CCOC(=O)CSc1nc2cc(C(=O)N3CCCCC3)ccc2c(=O)n1CCc1ccccc1. The van der Waals surface area contributed by atoms with Crippen LogP contribution in [0.5, 0.6) is 0 Å². The number of hydrogen-bond donors (Lipinski definition) is 0. The fraction of sp³-hybridized carbons (Fsp3) is 0.385. The summed E-state index contributed by atoms with van der Waals surface area (Å²) in [6.45, 7) is 4.00. The van der Waals surface area contributed by atoms with E-state index in [9.17, 15) is 14.4 Å². The zero-order chi connectivity index (χ0) is 23.9. The van der Waals surface area contributed by atoms with E-state index in [0.717, 1.165) is 37.9 Å². The van der Waals surface area contributed by atoms with Crippen LogP contribution in [0.3, 0.4) is 0 Å². The van der Waals surface area contributed by atoms with E-state index in [2.05, 4.69) is 0 Å². The van der Waals surface area contributed by atoms with Gasteiger partial charge in [0.05, 0.1) is 23.3 Å². The fourth-order valence-corrected chi connectivity index (χ4v) is 4.96. The minimum atomic E-state index is -0.356. The third-order valence-electron chi connectivity index (χ3n) is 5.90. The Morgan fingerprint density at radius 3 is 2.56 bits per heavy atom. The summed E-state index contributed by atoms with van der Waals surface area (Å²) in [6, 6.07) is 15.0. The molecule has 1 aliphatic heterocycles. The Hall–Kier alpha value is -3.13. The van der Waals surface area contributed by atoms with Gasteiger partial charge in [-0.25, -0.2) is 4.98 Å². The van der Waals surface area contributed by atoms with Crippen LogP contribution in [0.4, 0.5) is 0 Å². The molecule has 0 spiro atoms. The second-order valence-electron chi connectivity index (χ2n) is 8.27. The number of thioether (sulfide) groups is 1. The van der Waals surface area contributed by atoms with E-state index < -0.39 is 0 Å². The maximum absolute atomic E-state index is 13.4. The average Bonchev–Trinajstić information content (AvgIpc) is 2.87. The summed E-state index contributed by atoms with van der Waals surface area (Å²) in [5, 5.41) is 0.910. The number of aromatic nitrogens is 2. The number of hydrogen-bond acceptors (Lipinski definition) is 6. The van der Waals surface area contributed by atoms with E-state index in [1.165, 1.54) is 11.8 Å². The van der Waals surface area contributed by atoms with Gasteiger partial charge in [-0.15, -0.1) is 0 Å². The highest BCUT2D eigenvalue weighted by Gasteiger charge is 2.20. The third kappa shape index (κ3) is 5.67. The first kappa shape index (κ1) is 24.0. The Morgan fingerprint density at radius 2 is 1.82 bits per heavy atom. The Kier molecular flexibility index (Phi) is 8.00. The van der Waals surface area contributed by atoms with E-state index in [1.807, 2.05) is 35.2 Å². The summed E-state index contributed by atoms with van der Waals surface area (Å²) in [4.78, 5) is 44.9. The largest absolute Gasteiger partial charge is 0.465 e. The standard InChI is InChI=1S/C26H29N3O4S/c1-2-33-23(30)18-34-26-27-22-17-20(24(31)28-14-7-4-8-15-28)11-12-21(22)25(32)29(26)16-13-19-9-5-3-6-10-19/h3,5-6,9-12,17H,2,4,7-8,13-16,18H2,1H3. The van der Waals surface area contributed by atoms with Gasteiger partial charge in [-0.1, -0.05) is 42.1 Å². The molecule has 2 aromatic carbocycles. The Balaban J connectivity index is 1.67. The molecule has 0 N–H and O–H groups in total. The van der Waals surface area contributed by atoms with Gasteiger partial charge in [0, 0.05) is 25.2 Å². The minimum absolute atomic E-state index is 0.0302. The van der Waals surface area contributed by atoms with Gasteiger partial charge >= 0.3 is 5.97 Å². The van der Waals surface area contributed by atoms with E-state index in [0.29, 0.717) is 41.2 Å². The maximum Gasteiger partial charge on any atom is 0.316 e. The molecule has 1 fully saturated rings. The number of likely N-dealkylation sites (tertiary alicyclic amines) is 1. The molecule has 0 saturated carbocycles. The van der Waals surface area contributed by atoms with Crippen molar-refractivity contribution in [2.24, 2.45) is 0 Å². The first-order chi connectivity index (χ1) is 16.6. The molecule has 2 heterocycles. The summed E-state index contributed by atoms with van der Waals surface area (Å²) >= 11 is 1.18. The number of nitrogens with zero attached hydrogens (tertiary/aromatic N) is 3. The first-order valence-corrected chi connectivity index (χ1v) is 12.7. The Labute approximate surface area is 203 Å². The van der Waals surface area contributed by atoms with E-state index in [1.54, 1.807) is 29.7 Å². The molecule has 34 heavy (non-hydrogen) atoms. The summed E-state index contributed by atoms with van der Waals surface area (Å²) in [5.41, 5.74) is 1.93. The van der Waals surface area contributed by atoms with Crippen molar-refractivity contribution >= 4 is 34.5 Å². The van der Waals surface area contributed by atoms with Gasteiger partial charge in [0.25, 0.3) is 11.5 Å². The second kappa shape index (κ2) is 11.3. The number of amides is 1. The lowest BCUT2D eigenvalue weighted by molar-refractivity contribution is -0.139. The molecule has 1 aromatic heterocycles. The normalized spacial score (nSPS) is 13.7. The van der Waals surface area contributed by atoms with Crippen LogP contribution in [0.15, 0.2) is 58.5 Å². The molecule has 1 aliphatic rings. The third-order valence-corrected chi connectivity index (χ3v) is 6.85. The van der Waals surface area contributed by atoms with Crippen LogP contribution in [-0.4, -0.2) is 51.8 Å². The lowest BCUT2D eigenvalue weighted by Crippen LogP contribution is -2.35. The predicted molar refractivity (Wildman–Crippen MR) is 133 cm³/mol. The van der Waals surface area contributed by atoms with Crippen LogP contribution in [-0.2, 0) is 22.5 Å². The summed E-state index contributed by atoms with van der Waals surface area (Å²) < 4.78 is 6.66. The van der Waals surface area contributed by atoms with Crippen molar-refractivity contribution in [3.63, 3.8) is 0 Å². The molecule has 0 bridgehead atoms. The number of benzene rings is 2. The van der Waals surface area contributed by atoms with E-state index >= 15 is 0 Å². The first-order valence-electron chi connectivity index (χ1n) is 11.7. The van der Waals surface area contributed by atoms with Crippen molar-refractivity contribution in [1.29, 1.82) is 0 Å². The van der Waals surface area contributed by atoms with Crippen molar-refractivity contribution in [1.82, 2.24) is 14.5 Å². The smallest absolute Gasteiger partial charge is 0.316 e. The molecule has 4 rings (SSSR count). The van der Waals surface area contributed by atoms with Crippen LogP contribution < -0.4 is 5.56 Å². The second-order valence-corrected chi connectivity index (χ2v) is 9.21. The number of ether oxygens (including phenoxy) is 1. The zero-order valence-corrected chi connectivity index (χ0v) is 20.2. The lowest BCUT2D eigenvalue weighted by atomic mass is 10.1. The van der Waals surface area contributed by atoms with Crippen molar-refractivity contribution in [2.75, 3.05) is 25.4 Å². The molecule has 178 valence electrons. The number of rotatable bonds is 8. The summed E-state index contributed by atoms with van der Waals surface area (Å²) in [7, 11) is 0. The van der Waals surface area contributed by atoms with Crippen molar-refractivity contribution in [3.05, 3.63) is 70.0 Å². The Morgan fingerprint density at radius 1 is 1.06 bits per heavy atom. The number of aryl methyl sites for hydroxylation is 1. The van der Waals surface area contributed by atoms with Crippen LogP contribution in [0, 0.1) is 0 Å². The number of carbonyl (C=O) groups is 2. The van der Waals surface area contributed by atoms with Gasteiger partial charge in [-0.05, 0) is 56.4 Å². The highest BCUT2D eigenvalue weighted by atomic mass is 32.2. The highest BCUT2D eigenvalue weighted by Crippen LogP contribution is 2.21. The topological polar surface area (TPSA) is 81.5 Å². The lowest BCUT2D eigenvalue weighted by Gasteiger charge is -2.26. The van der Waals surface area contributed by atoms with Crippen molar-refractivity contribution < 1.29 is 14.3 Å². The van der Waals surface area contributed by atoms with Gasteiger partial charge in [0.15, 0.2) is 5.16 Å². The maximum atomic E-state index is 13.4. The summed E-state index contributed by atoms with van der Waals surface area (Å²) in [6.07, 6.45) is 3.83. The molecule has 8 heteroatoms. The number of fused-ring (bicyclic) bond motifs is 1. The molecule has 0 atom stereocenters. The monoisotopic (exact) mass is 479 g/mol. The van der Waals surface area contributed by atoms with Crippen LogP contribution >= 0.6 is 11.8 Å². The predicted octanol–water partition coefficient (Wildman–Crippen LogP) is 3.92. The zero-order valence-electron chi connectivity index (χ0n) is 19.4. The summed E-state index contributed by atoms with van der Waals surface area (Å²) in [5.74, 6) is -0.327. The molecular formula is C26H29N3O4S.